The average molecular weight is 162 g/mol. The molecule has 4 heteroatoms. The molecule has 0 aliphatic rings. The third kappa shape index (κ3) is 0.845. The van der Waals surface area contributed by atoms with Gasteiger partial charge >= 0.3 is 0 Å². The number of rotatable bonds is 0. The lowest BCUT2D eigenvalue weighted by molar-refractivity contribution is 0.946. The van der Waals surface area contributed by atoms with Crippen molar-refractivity contribution in [3.05, 3.63) is 18.1 Å². The van der Waals surface area contributed by atoms with Gasteiger partial charge in [-0.25, -0.2) is 9.97 Å². The third-order valence-corrected chi connectivity index (χ3v) is 1.87. The molecule has 0 aliphatic heterocycles. The molecule has 2 rings (SSSR count). The summed E-state index contributed by atoms with van der Waals surface area (Å²) in [4.78, 5) is 8.25. The number of nitrogens with two attached hydrogens (primary N) is 1. The fourth-order valence-electron chi connectivity index (χ4n) is 1.28. The molecule has 0 aromatic carbocycles. The van der Waals surface area contributed by atoms with Crippen LogP contribution in [0.5, 0.6) is 0 Å². The number of pyridine rings is 1. The fraction of sp³-hybridized carbons (Fsp3) is 0.250. The zero-order chi connectivity index (χ0) is 8.72. The molecule has 2 heterocycles. The first-order valence-corrected chi connectivity index (χ1v) is 3.72. The molecule has 0 unspecified atom stereocenters. The zero-order valence-corrected chi connectivity index (χ0v) is 7.07. The molecule has 2 aromatic heterocycles. The summed E-state index contributed by atoms with van der Waals surface area (Å²) >= 11 is 0. The van der Waals surface area contributed by atoms with E-state index in [0.717, 1.165) is 16.7 Å². The van der Waals surface area contributed by atoms with E-state index in [2.05, 4.69) is 9.97 Å². The number of imidazole rings is 1. The van der Waals surface area contributed by atoms with Crippen molar-refractivity contribution in [2.75, 3.05) is 5.73 Å². The van der Waals surface area contributed by atoms with Crippen molar-refractivity contribution in [1.82, 2.24) is 14.5 Å². The van der Waals surface area contributed by atoms with E-state index in [4.69, 9.17) is 5.73 Å². The van der Waals surface area contributed by atoms with Gasteiger partial charge in [-0.2, -0.15) is 0 Å². The van der Waals surface area contributed by atoms with Crippen LogP contribution >= 0.6 is 0 Å². The molecular weight excluding hydrogens is 152 g/mol. The molecule has 4 nitrogen and oxygen atoms in total. The Labute approximate surface area is 70.0 Å². The number of fused-ring (bicyclic) bond motifs is 1. The van der Waals surface area contributed by atoms with E-state index in [1.54, 1.807) is 6.33 Å². The fourth-order valence-corrected chi connectivity index (χ4v) is 1.28. The molecular formula is C8H10N4. The first kappa shape index (κ1) is 7.09. The van der Waals surface area contributed by atoms with Crippen LogP contribution in [0.4, 0.5) is 5.82 Å². The first-order chi connectivity index (χ1) is 5.68. The molecule has 0 amide bonds. The van der Waals surface area contributed by atoms with Crippen LogP contribution in [0.3, 0.4) is 0 Å². The number of anilines is 1. The summed E-state index contributed by atoms with van der Waals surface area (Å²) in [6.45, 7) is 1.92. The summed E-state index contributed by atoms with van der Waals surface area (Å²) in [5, 5.41) is 0. The smallest absolute Gasteiger partial charge is 0.151 e. The van der Waals surface area contributed by atoms with E-state index in [-0.39, 0.29) is 0 Å². The quantitative estimate of drug-likeness (QED) is 0.625. The predicted molar refractivity (Wildman–Crippen MR) is 47.7 cm³/mol. The lowest BCUT2D eigenvalue weighted by atomic mass is 10.3. The number of nitrogens with zero attached hydrogens (tertiary/aromatic N) is 3. The minimum absolute atomic E-state index is 0.505. The third-order valence-electron chi connectivity index (χ3n) is 1.87. The van der Waals surface area contributed by atoms with Crippen LogP contribution in [0.25, 0.3) is 11.0 Å². The Kier molecular flexibility index (Phi) is 1.30. The summed E-state index contributed by atoms with van der Waals surface area (Å²) in [5.41, 5.74) is 8.41. The minimum Gasteiger partial charge on any atom is -0.382 e. The molecule has 0 aliphatic carbocycles. The number of hydrogen-bond acceptors (Lipinski definition) is 3. The van der Waals surface area contributed by atoms with Crippen molar-refractivity contribution in [1.29, 1.82) is 0 Å². The van der Waals surface area contributed by atoms with E-state index in [9.17, 15) is 0 Å². The van der Waals surface area contributed by atoms with Crippen molar-refractivity contribution in [3.8, 4) is 0 Å². The maximum Gasteiger partial charge on any atom is 0.151 e. The first-order valence-electron chi connectivity index (χ1n) is 3.72. The second-order valence-corrected chi connectivity index (χ2v) is 2.87. The zero-order valence-electron chi connectivity index (χ0n) is 7.07. The molecule has 0 bridgehead atoms. The van der Waals surface area contributed by atoms with Crippen molar-refractivity contribution in [3.63, 3.8) is 0 Å². The summed E-state index contributed by atoms with van der Waals surface area (Å²) in [7, 11) is 1.94. The molecule has 62 valence electrons. The summed E-state index contributed by atoms with van der Waals surface area (Å²) < 4.78 is 1.93. The SMILES string of the molecule is Cc1cc2c(ncn2C)c(N)n1. The van der Waals surface area contributed by atoms with Crippen molar-refractivity contribution < 1.29 is 0 Å². The van der Waals surface area contributed by atoms with Gasteiger partial charge in [0.2, 0.25) is 0 Å². The monoisotopic (exact) mass is 162 g/mol. The van der Waals surface area contributed by atoms with E-state index >= 15 is 0 Å². The van der Waals surface area contributed by atoms with E-state index in [0.29, 0.717) is 5.82 Å². The van der Waals surface area contributed by atoms with E-state index in [1.165, 1.54) is 0 Å². The van der Waals surface area contributed by atoms with Gasteiger partial charge in [-0.05, 0) is 13.0 Å². The summed E-state index contributed by atoms with van der Waals surface area (Å²) in [5.74, 6) is 0.505. The molecule has 0 saturated heterocycles. The van der Waals surface area contributed by atoms with Crippen molar-refractivity contribution in [2.24, 2.45) is 7.05 Å². The Morgan fingerprint density at radius 3 is 3.00 bits per heavy atom. The highest BCUT2D eigenvalue weighted by Gasteiger charge is 2.04. The molecule has 0 saturated carbocycles. The van der Waals surface area contributed by atoms with Gasteiger partial charge in [0.1, 0.15) is 5.52 Å². The van der Waals surface area contributed by atoms with Gasteiger partial charge in [0.25, 0.3) is 0 Å². The minimum atomic E-state index is 0.505. The molecule has 0 spiro atoms. The lowest BCUT2D eigenvalue weighted by Crippen LogP contribution is -1.94. The number of aromatic nitrogens is 3. The Hall–Kier alpha value is -1.58. The topological polar surface area (TPSA) is 56.7 Å². The Balaban J connectivity index is 2.92. The van der Waals surface area contributed by atoms with Gasteiger partial charge < -0.3 is 10.3 Å². The van der Waals surface area contributed by atoms with Crippen LogP contribution in [0, 0.1) is 6.92 Å². The number of hydrogen-bond donors (Lipinski definition) is 1. The lowest BCUT2D eigenvalue weighted by Gasteiger charge is -1.98. The van der Waals surface area contributed by atoms with Crippen molar-refractivity contribution >= 4 is 16.9 Å². The molecule has 0 radical (unpaired) electrons. The average Bonchev–Trinajstić information content (AvgIpc) is 2.33. The van der Waals surface area contributed by atoms with Gasteiger partial charge in [0.15, 0.2) is 5.82 Å². The molecule has 12 heavy (non-hydrogen) atoms. The normalized spacial score (nSPS) is 10.8. The van der Waals surface area contributed by atoms with Crippen molar-refractivity contribution in [2.45, 2.75) is 6.92 Å². The molecule has 2 aromatic rings. The van der Waals surface area contributed by atoms with Crippen LogP contribution in [-0.2, 0) is 7.05 Å². The summed E-state index contributed by atoms with van der Waals surface area (Å²) in [6, 6.07) is 1.97. The molecule has 2 N–H and O–H groups in total. The standard InChI is InChI=1S/C8H10N4/c1-5-3-6-7(8(9)11-5)10-4-12(6)2/h3-4H,1-2H3,(H2,9,11). The van der Waals surface area contributed by atoms with Gasteiger partial charge in [0.05, 0.1) is 11.8 Å². The highest BCUT2D eigenvalue weighted by Crippen LogP contribution is 2.17. The number of aryl methyl sites for hydroxylation is 2. The Morgan fingerprint density at radius 2 is 2.25 bits per heavy atom. The van der Waals surface area contributed by atoms with Crippen LogP contribution in [0.15, 0.2) is 12.4 Å². The van der Waals surface area contributed by atoms with Gasteiger partial charge in [0, 0.05) is 12.7 Å². The van der Waals surface area contributed by atoms with Crippen LogP contribution in [-0.4, -0.2) is 14.5 Å². The Morgan fingerprint density at radius 1 is 1.50 bits per heavy atom. The number of nitrogen functional groups attached to an aromatic ring is 1. The largest absolute Gasteiger partial charge is 0.382 e. The van der Waals surface area contributed by atoms with Crippen LogP contribution in [0.2, 0.25) is 0 Å². The van der Waals surface area contributed by atoms with E-state index in [1.807, 2.05) is 24.6 Å². The van der Waals surface area contributed by atoms with Crippen LogP contribution in [0.1, 0.15) is 5.69 Å². The maximum atomic E-state index is 5.68. The predicted octanol–water partition coefficient (Wildman–Crippen LogP) is 0.859. The Bertz CT molecular complexity index is 430. The second kappa shape index (κ2) is 2.20. The highest BCUT2D eigenvalue weighted by atomic mass is 15.0. The van der Waals surface area contributed by atoms with Crippen LogP contribution < -0.4 is 5.73 Å². The van der Waals surface area contributed by atoms with Gasteiger partial charge in [-0.15, -0.1) is 0 Å². The van der Waals surface area contributed by atoms with Gasteiger partial charge in [-0.3, -0.25) is 0 Å². The van der Waals surface area contributed by atoms with E-state index < -0.39 is 0 Å². The van der Waals surface area contributed by atoms with Gasteiger partial charge in [-0.1, -0.05) is 0 Å². The molecule has 0 fully saturated rings. The molecule has 0 atom stereocenters. The second-order valence-electron chi connectivity index (χ2n) is 2.87. The maximum absolute atomic E-state index is 5.68. The summed E-state index contributed by atoms with van der Waals surface area (Å²) in [6.07, 6.45) is 1.74. The highest BCUT2D eigenvalue weighted by molar-refractivity contribution is 5.85.